The van der Waals surface area contributed by atoms with Crippen molar-refractivity contribution in [2.45, 2.75) is 6.54 Å². The fourth-order valence-electron chi connectivity index (χ4n) is 2.70. The molecule has 1 aromatic rings. The third-order valence-electron chi connectivity index (χ3n) is 3.94. The molecule has 0 N–H and O–H groups in total. The predicted molar refractivity (Wildman–Crippen MR) is 99.1 cm³/mol. The monoisotopic (exact) mass is 356 g/mol. The van der Waals surface area contributed by atoms with Crippen LogP contribution >= 0.6 is 24.0 Å². The third kappa shape index (κ3) is 4.43. The number of hydrogen-bond donors (Lipinski definition) is 0. The van der Waals surface area contributed by atoms with Crippen LogP contribution in [-0.2, 0) is 6.54 Å². The normalized spacial score (nSPS) is 15.4. The molecule has 1 aromatic carbocycles. The van der Waals surface area contributed by atoms with Gasteiger partial charge in [0, 0.05) is 32.7 Å². The minimum Gasteiger partial charge on any atom is -0.493 e. The molecular weight excluding hydrogens is 332 g/mol. The van der Waals surface area contributed by atoms with E-state index in [-0.39, 0.29) is 0 Å². The SMILES string of the molecule is COc1cc(CN2CCN(C(=S)SC)CC2)cc(OC)c1OC. The van der Waals surface area contributed by atoms with Crippen LogP contribution in [0.4, 0.5) is 0 Å². The molecular formula is C16H24N2O3S2. The van der Waals surface area contributed by atoms with Crippen molar-refractivity contribution in [1.82, 2.24) is 9.80 Å². The van der Waals surface area contributed by atoms with E-state index < -0.39 is 0 Å². The molecule has 23 heavy (non-hydrogen) atoms. The predicted octanol–water partition coefficient (Wildman–Crippen LogP) is 2.48. The summed E-state index contributed by atoms with van der Waals surface area (Å²) >= 11 is 7.00. The topological polar surface area (TPSA) is 34.2 Å². The fourth-order valence-corrected chi connectivity index (χ4v) is 3.33. The maximum Gasteiger partial charge on any atom is 0.203 e. The standard InChI is InChI=1S/C16H24N2O3S2/c1-19-13-9-12(10-14(20-2)15(13)21-3)11-17-5-7-18(8-6-17)16(22)23-4/h9-10H,5-8,11H2,1-4H3. The van der Waals surface area contributed by atoms with Crippen molar-refractivity contribution in [2.24, 2.45) is 0 Å². The van der Waals surface area contributed by atoms with Crippen molar-refractivity contribution in [1.29, 1.82) is 0 Å². The van der Waals surface area contributed by atoms with Crippen LogP contribution in [0.1, 0.15) is 5.56 Å². The molecule has 0 aliphatic carbocycles. The van der Waals surface area contributed by atoms with Crippen LogP contribution < -0.4 is 14.2 Å². The molecule has 1 fully saturated rings. The van der Waals surface area contributed by atoms with Gasteiger partial charge in [0.05, 0.1) is 21.3 Å². The van der Waals surface area contributed by atoms with Crippen molar-refractivity contribution < 1.29 is 14.2 Å². The number of rotatable bonds is 5. The van der Waals surface area contributed by atoms with Crippen molar-refractivity contribution in [2.75, 3.05) is 53.8 Å². The number of thioether (sulfide) groups is 1. The Kier molecular flexibility index (Phi) is 6.80. The van der Waals surface area contributed by atoms with Crippen molar-refractivity contribution >= 4 is 28.3 Å². The molecule has 0 spiro atoms. The molecule has 0 saturated carbocycles. The second kappa shape index (κ2) is 8.61. The third-order valence-corrected chi connectivity index (χ3v) is 5.30. The summed E-state index contributed by atoms with van der Waals surface area (Å²) in [5.41, 5.74) is 1.15. The summed E-state index contributed by atoms with van der Waals surface area (Å²) in [5, 5.41) is 0. The van der Waals surface area contributed by atoms with Gasteiger partial charge in [0.15, 0.2) is 11.5 Å². The molecule has 7 heteroatoms. The molecule has 5 nitrogen and oxygen atoms in total. The average molecular weight is 357 g/mol. The molecule has 1 aliphatic rings. The van der Waals surface area contributed by atoms with Gasteiger partial charge < -0.3 is 19.1 Å². The Bertz CT molecular complexity index is 521. The lowest BCUT2D eigenvalue weighted by atomic mass is 10.1. The molecule has 0 aromatic heterocycles. The summed E-state index contributed by atoms with van der Waals surface area (Å²) in [4.78, 5) is 4.69. The lowest BCUT2D eigenvalue weighted by Gasteiger charge is -2.35. The number of benzene rings is 1. The molecule has 1 saturated heterocycles. The molecule has 1 aliphatic heterocycles. The minimum atomic E-state index is 0.633. The zero-order chi connectivity index (χ0) is 16.8. The van der Waals surface area contributed by atoms with E-state index in [9.17, 15) is 0 Å². The van der Waals surface area contributed by atoms with E-state index in [1.165, 1.54) is 0 Å². The van der Waals surface area contributed by atoms with Crippen LogP contribution in [-0.4, -0.2) is 67.9 Å². The molecule has 0 amide bonds. The van der Waals surface area contributed by atoms with Gasteiger partial charge in [0.2, 0.25) is 5.75 Å². The first-order valence-electron chi connectivity index (χ1n) is 7.47. The van der Waals surface area contributed by atoms with Crippen molar-refractivity contribution in [3.63, 3.8) is 0 Å². The zero-order valence-electron chi connectivity index (χ0n) is 14.1. The zero-order valence-corrected chi connectivity index (χ0v) is 15.8. The van der Waals surface area contributed by atoms with Crippen LogP contribution in [0.5, 0.6) is 17.2 Å². The van der Waals surface area contributed by atoms with Gasteiger partial charge in [-0.05, 0) is 24.0 Å². The smallest absolute Gasteiger partial charge is 0.203 e. The van der Waals surface area contributed by atoms with Gasteiger partial charge in [-0.1, -0.05) is 12.2 Å². The number of nitrogens with zero attached hydrogens (tertiary/aromatic N) is 2. The molecule has 128 valence electrons. The first kappa shape index (κ1) is 18.2. The Labute approximate surface area is 147 Å². The lowest BCUT2D eigenvalue weighted by Crippen LogP contribution is -2.47. The molecule has 0 atom stereocenters. The fraction of sp³-hybridized carbons (Fsp3) is 0.562. The molecule has 2 rings (SSSR count). The minimum absolute atomic E-state index is 0.633. The second-order valence-corrected chi connectivity index (χ2v) is 6.71. The molecule has 0 radical (unpaired) electrons. The van der Waals surface area contributed by atoms with Crippen LogP contribution in [0.2, 0.25) is 0 Å². The van der Waals surface area contributed by atoms with E-state index in [0.717, 1.165) is 42.6 Å². The van der Waals surface area contributed by atoms with Gasteiger partial charge in [-0.15, -0.1) is 11.8 Å². The van der Waals surface area contributed by atoms with E-state index in [4.69, 9.17) is 26.4 Å². The van der Waals surface area contributed by atoms with E-state index in [1.807, 2.05) is 18.4 Å². The maximum atomic E-state index is 5.42. The van der Waals surface area contributed by atoms with Gasteiger partial charge in [-0.2, -0.15) is 0 Å². The van der Waals surface area contributed by atoms with Gasteiger partial charge >= 0.3 is 0 Å². The van der Waals surface area contributed by atoms with Gasteiger partial charge in [-0.3, -0.25) is 4.90 Å². The van der Waals surface area contributed by atoms with Crippen molar-refractivity contribution in [3.8, 4) is 17.2 Å². The number of piperazine rings is 1. The first-order valence-corrected chi connectivity index (χ1v) is 9.10. The number of ether oxygens (including phenoxy) is 3. The highest BCUT2D eigenvalue weighted by Crippen LogP contribution is 2.38. The van der Waals surface area contributed by atoms with E-state index in [2.05, 4.69) is 9.80 Å². The van der Waals surface area contributed by atoms with E-state index in [1.54, 1.807) is 33.1 Å². The van der Waals surface area contributed by atoms with Gasteiger partial charge in [0.25, 0.3) is 0 Å². The highest BCUT2D eigenvalue weighted by atomic mass is 32.2. The van der Waals surface area contributed by atoms with Crippen molar-refractivity contribution in [3.05, 3.63) is 17.7 Å². The molecule has 0 unspecified atom stereocenters. The van der Waals surface area contributed by atoms with Crippen LogP contribution in [0.15, 0.2) is 12.1 Å². The Morgan fingerprint density at radius 1 is 1.04 bits per heavy atom. The molecule has 0 bridgehead atoms. The summed E-state index contributed by atoms with van der Waals surface area (Å²) in [7, 11) is 4.90. The Balaban J connectivity index is 2.05. The lowest BCUT2D eigenvalue weighted by molar-refractivity contribution is 0.178. The number of thiocarbonyl (C=S) groups is 1. The first-order chi connectivity index (χ1) is 11.1. The highest BCUT2D eigenvalue weighted by Gasteiger charge is 2.20. The summed E-state index contributed by atoms with van der Waals surface area (Å²) in [6.45, 7) is 4.81. The largest absolute Gasteiger partial charge is 0.493 e. The molecule has 1 heterocycles. The maximum absolute atomic E-state index is 5.42. The summed E-state index contributed by atoms with van der Waals surface area (Å²) in [6, 6.07) is 4.03. The van der Waals surface area contributed by atoms with Crippen LogP contribution in [0.25, 0.3) is 0 Å². The Morgan fingerprint density at radius 3 is 2.04 bits per heavy atom. The highest BCUT2D eigenvalue weighted by molar-refractivity contribution is 8.22. The summed E-state index contributed by atoms with van der Waals surface area (Å²) in [5.74, 6) is 2.03. The number of hydrogen-bond acceptors (Lipinski definition) is 6. The van der Waals surface area contributed by atoms with Gasteiger partial charge in [0.1, 0.15) is 4.32 Å². The Morgan fingerprint density at radius 2 is 1.61 bits per heavy atom. The van der Waals surface area contributed by atoms with E-state index >= 15 is 0 Å². The number of methoxy groups -OCH3 is 3. The average Bonchev–Trinajstić information content (AvgIpc) is 2.60. The quantitative estimate of drug-likeness (QED) is 0.750. The van der Waals surface area contributed by atoms with Crippen LogP contribution in [0, 0.1) is 0 Å². The Hall–Kier alpha value is -1.18. The second-order valence-electron chi connectivity index (χ2n) is 5.27. The summed E-state index contributed by atoms with van der Waals surface area (Å²) in [6.07, 6.45) is 2.03. The van der Waals surface area contributed by atoms with E-state index in [0.29, 0.717) is 17.2 Å². The van der Waals surface area contributed by atoms with Gasteiger partial charge in [-0.25, -0.2) is 0 Å². The summed E-state index contributed by atoms with van der Waals surface area (Å²) < 4.78 is 17.2. The van der Waals surface area contributed by atoms with Crippen LogP contribution in [0.3, 0.4) is 0 Å².